The van der Waals surface area contributed by atoms with Crippen molar-refractivity contribution in [2.75, 3.05) is 20.2 Å². The molecule has 0 saturated carbocycles. The Morgan fingerprint density at radius 2 is 1.81 bits per heavy atom. The van der Waals surface area contributed by atoms with Gasteiger partial charge in [0.25, 0.3) is 0 Å². The van der Waals surface area contributed by atoms with Gasteiger partial charge in [0.05, 0.1) is 42.1 Å². The summed E-state index contributed by atoms with van der Waals surface area (Å²) in [5.41, 5.74) is 0.663. The molecule has 0 aliphatic carbocycles. The number of rotatable bonds is 16. The summed E-state index contributed by atoms with van der Waals surface area (Å²) < 4.78 is 14.8. The van der Waals surface area contributed by atoms with E-state index in [2.05, 4.69) is 39.4 Å². The Bertz CT molecular complexity index is 1890. The van der Waals surface area contributed by atoms with Gasteiger partial charge in [-0.05, 0) is 43.4 Å². The van der Waals surface area contributed by atoms with Crippen molar-refractivity contribution in [3.63, 3.8) is 0 Å². The fraction of sp³-hybridized carbons (Fsp3) is 0.500. The molecular formula is C40H49BrN6O7. The second-order valence-electron chi connectivity index (χ2n) is 14.8. The van der Waals surface area contributed by atoms with Crippen molar-refractivity contribution in [1.29, 1.82) is 0 Å². The Morgan fingerprint density at radius 1 is 1.11 bits per heavy atom. The molecule has 3 fully saturated rings. The second-order valence-corrected chi connectivity index (χ2v) is 16.0. The van der Waals surface area contributed by atoms with Gasteiger partial charge in [-0.2, -0.15) is 0 Å². The predicted octanol–water partition coefficient (Wildman–Crippen LogP) is 4.27. The maximum Gasteiger partial charge on any atom is 0.313 e. The number of esters is 1. The molecule has 4 heterocycles. The molecule has 3 aliphatic heterocycles. The number of hydrogen-bond acceptors (Lipinski definition) is 9. The number of para-hydroxylation sites is 1. The Labute approximate surface area is 324 Å². The molecule has 3 saturated heterocycles. The van der Waals surface area contributed by atoms with E-state index >= 15 is 4.79 Å². The molecule has 1 aromatic heterocycles. The standard InChI is InChI=1S/C40H49BrN6O7/c1-7-9-19-31(49)44(6)25(5)34(26-15-11-10-12-16-26)53-39(52)32-33-37(50)47(30(22-48)24(3)4)36(40(33)21-27(41)35(32)54-40)38(51)45(20-8-2)23-46-29-18-14-13-17-28(29)42-43-46/h7-8,10-18,24-25,27,30,32-36,48H,1-2,9,19-23H2,3-6H3/t25-,27?,30+,32+,33-,34+,35+,36+,40-/m1/s1. The average molecular weight is 806 g/mol. The van der Waals surface area contributed by atoms with E-state index in [0.29, 0.717) is 17.5 Å². The van der Waals surface area contributed by atoms with Crippen molar-refractivity contribution < 1.29 is 33.8 Å². The highest BCUT2D eigenvalue weighted by Crippen LogP contribution is 2.61. The molecule has 1 spiro atoms. The largest absolute Gasteiger partial charge is 0.455 e. The van der Waals surface area contributed by atoms with Crippen molar-refractivity contribution in [3.8, 4) is 0 Å². The molecule has 0 radical (unpaired) electrons. The SMILES string of the molecule is C=CCCC(=O)N(C)[C@H](C)[C@H](OC(=O)[C@@H]1[C@H]2O[C@@]3(CC2Br)[C@H](C(=O)N(CC=C)Cn2nnc4ccccc42)N([C@@H](CO)C(C)C)C(=O)[C@@H]13)c1ccccc1. The number of likely N-dealkylation sites (tertiary alicyclic amines) is 1. The highest BCUT2D eigenvalue weighted by molar-refractivity contribution is 9.09. The smallest absolute Gasteiger partial charge is 0.313 e. The Balaban J connectivity index is 1.37. The summed E-state index contributed by atoms with van der Waals surface area (Å²) in [4.78, 5) is 61.9. The van der Waals surface area contributed by atoms with Crippen LogP contribution in [0.1, 0.15) is 51.7 Å². The number of nitrogens with zero attached hydrogens (tertiary/aromatic N) is 6. The number of ether oxygens (including phenoxy) is 2. The molecule has 2 bridgehead atoms. The minimum atomic E-state index is -1.41. The van der Waals surface area contributed by atoms with Crippen molar-refractivity contribution >= 4 is 50.7 Å². The molecular weight excluding hydrogens is 756 g/mol. The molecule has 288 valence electrons. The maximum atomic E-state index is 15.1. The Hall–Kier alpha value is -4.40. The molecule has 13 nitrogen and oxygen atoms in total. The molecule has 3 aliphatic rings. The van der Waals surface area contributed by atoms with E-state index in [9.17, 15) is 19.5 Å². The Kier molecular flexibility index (Phi) is 11.7. The summed E-state index contributed by atoms with van der Waals surface area (Å²) in [5.74, 6) is -4.04. The molecule has 3 aromatic rings. The van der Waals surface area contributed by atoms with Crippen LogP contribution in [0.2, 0.25) is 0 Å². The van der Waals surface area contributed by atoms with Gasteiger partial charge in [-0.25, -0.2) is 4.68 Å². The second kappa shape index (κ2) is 16.1. The highest BCUT2D eigenvalue weighted by atomic mass is 79.9. The van der Waals surface area contributed by atoms with Crippen molar-refractivity contribution in [1.82, 2.24) is 29.7 Å². The van der Waals surface area contributed by atoms with Crippen LogP contribution in [0.4, 0.5) is 0 Å². The zero-order chi connectivity index (χ0) is 38.9. The van der Waals surface area contributed by atoms with Crippen LogP contribution in [0.3, 0.4) is 0 Å². The summed E-state index contributed by atoms with van der Waals surface area (Å²) in [6.45, 7) is 12.9. The lowest BCUT2D eigenvalue weighted by Crippen LogP contribution is -2.60. The number of fused-ring (bicyclic) bond motifs is 2. The fourth-order valence-electron chi connectivity index (χ4n) is 8.45. The maximum absolute atomic E-state index is 15.1. The van der Waals surface area contributed by atoms with E-state index in [1.807, 2.05) is 75.4 Å². The summed E-state index contributed by atoms with van der Waals surface area (Å²) in [7, 11) is 1.68. The van der Waals surface area contributed by atoms with Crippen LogP contribution >= 0.6 is 15.9 Å². The first kappa shape index (κ1) is 39.3. The lowest BCUT2D eigenvalue weighted by atomic mass is 9.70. The van der Waals surface area contributed by atoms with E-state index in [1.165, 1.54) is 4.90 Å². The average Bonchev–Trinajstić information content (AvgIpc) is 3.89. The topological polar surface area (TPSA) is 147 Å². The summed E-state index contributed by atoms with van der Waals surface area (Å²) in [6, 6.07) is 14.1. The number of aromatic nitrogens is 3. The summed E-state index contributed by atoms with van der Waals surface area (Å²) >= 11 is 3.75. The molecule has 1 N–H and O–H groups in total. The van der Waals surface area contributed by atoms with Crippen LogP contribution in [0, 0.1) is 17.8 Å². The van der Waals surface area contributed by atoms with Crippen LogP contribution in [-0.2, 0) is 35.3 Å². The zero-order valence-corrected chi connectivity index (χ0v) is 32.7. The molecule has 14 heteroatoms. The minimum Gasteiger partial charge on any atom is -0.455 e. The van der Waals surface area contributed by atoms with Gasteiger partial charge < -0.3 is 29.3 Å². The molecule has 2 aromatic carbocycles. The van der Waals surface area contributed by atoms with E-state index in [4.69, 9.17) is 9.47 Å². The lowest BCUT2D eigenvalue weighted by Gasteiger charge is -2.40. The fourth-order valence-corrected chi connectivity index (χ4v) is 9.39. The third kappa shape index (κ3) is 6.88. The normalized spacial score (nSPS) is 26.0. The number of hydrogen-bond donors (Lipinski definition) is 1. The van der Waals surface area contributed by atoms with Gasteiger partial charge in [0, 0.05) is 24.8 Å². The quantitative estimate of drug-likeness (QED) is 0.128. The number of likely N-dealkylation sites (N-methyl/N-ethyl adjacent to an activating group) is 1. The molecule has 3 amide bonds. The van der Waals surface area contributed by atoms with Crippen molar-refractivity contribution in [3.05, 3.63) is 85.5 Å². The third-order valence-corrected chi connectivity index (χ3v) is 12.2. The van der Waals surface area contributed by atoms with Gasteiger partial charge in [0.15, 0.2) is 0 Å². The van der Waals surface area contributed by atoms with E-state index < -0.39 is 72.2 Å². The van der Waals surface area contributed by atoms with E-state index in [0.717, 1.165) is 5.52 Å². The first-order valence-electron chi connectivity index (χ1n) is 18.4. The van der Waals surface area contributed by atoms with E-state index in [-0.39, 0.29) is 42.7 Å². The van der Waals surface area contributed by atoms with Crippen LogP contribution in [-0.4, -0.2) is 113 Å². The number of carbonyl (C=O) groups is 4. The molecule has 9 atom stereocenters. The molecule has 54 heavy (non-hydrogen) atoms. The van der Waals surface area contributed by atoms with Gasteiger partial charge in [-0.3, -0.25) is 19.2 Å². The van der Waals surface area contributed by atoms with Gasteiger partial charge >= 0.3 is 5.97 Å². The van der Waals surface area contributed by atoms with Crippen LogP contribution in [0.5, 0.6) is 0 Å². The van der Waals surface area contributed by atoms with Crippen molar-refractivity contribution in [2.45, 2.75) is 87.5 Å². The third-order valence-electron chi connectivity index (χ3n) is 11.3. The van der Waals surface area contributed by atoms with Crippen LogP contribution in [0.25, 0.3) is 11.0 Å². The minimum absolute atomic E-state index is 0.0123. The number of amides is 3. The van der Waals surface area contributed by atoms with E-state index in [1.54, 1.807) is 33.7 Å². The number of carbonyl (C=O) groups excluding carboxylic acids is 4. The van der Waals surface area contributed by atoms with Gasteiger partial charge in [0.2, 0.25) is 17.7 Å². The summed E-state index contributed by atoms with van der Waals surface area (Å²) in [5, 5.41) is 19.3. The van der Waals surface area contributed by atoms with Gasteiger partial charge in [-0.15, -0.1) is 18.3 Å². The first-order chi connectivity index (χ1) is 25.9. The zero-order valence-electron chi connectivity index (χ0n) is 31.2. The van der Waals surface area contributed by atoms with Crippen LogP contribution < -0.4 is 0 Å². The molecule has 6 rings (SSSR count). The molecule has 1 unspecified atom stereocenters. The lowest BCUT2D eigenvalue weighted by molar-refractivity contribution is -0.165. The predicted molar refractivity (Wildman–Crippen MR) is 205 cm³/mol. The number of aliphatic hydroxyl groups is 1. The number of benzene rings is 2. The Morgan fingerprint density at radius 3 is 2.48 bits per heavy atom. The summed E-state index contributed by atoms with van der Waals surface area (Å²) in [6.07, 6.45) is 2.67. The van der Waals surface area contributed by atoms with Crippen LogP contribution in [0.15, 0.2) is 79.9 Å². The van der Waals surface area contributed by atoms with Gasteiger partial charge in [0.1, 0.15) is 29.9 Å². The monoisotopic (exact) mass is 804 g/mol. The van der Waals surface area contributed by atoms with Crippen molar-refractivity contribution in [2.24, 2.45) is 17.8 Å². The number of allylic oxidation sites excluding steroid dienone is 1. The first-order valence-corrected chi connectivity index (χ1v) is 19.4. The highest BCUT2D eigenvalue weighted by Gasteiger charge is 2.77. The number of alkyl halides is 1. The number of aliphatic hydroxyl groups excluding tert-OH is 1. The van der Waals surface area contributed by atoms with Gasteiger partial charge in [-0.1, -0.05) is 89.6 Å². The number of halogens is 1.